The standard InChI is InChI=1S/C15H17N3O/c1-11-8-15(17-9-13(11)16)18-6-7-19-14-5-3-2-4-12(14)10-18/h2-5,8-9H,6-7,10,16H2,1H3. The molecule has 4 heteroatoms. The van der Waals surface area contributed by atoms with Crippen LogP contribution in [0.1, 0.15) is 11.1 Å². The van der Waals surface area contributed by atoms with E-state index in [1.807, 2.05) is 31.2 Å². The summed E-state index contributed by atoms with van der Waals surface area (Å²) in [6.07, 6.45) is 1.72. The van der Waals surface area contributed by atoms with E-state index in [4.69, 9.17) is 10.5 Å². The minimum Gasteiger partial charge on any atom is -0.491 e. The highest BCUT2D eigenvalue weighted by atomic mass is 16.5. The Kier molecular flexibility index (Phi) is 2.99. The van der Waals surface area contributed by atoms with Gasteiger partial charge in [-0.25, -0.2) is 4.98 Å². The Bertz CT molecular complexity index is 598. The molecule has 0 unspecified atom stereocenters. The fourth-order valence-electron chi connectivity index (χ4n) is 2.25. The third-order valence-corrected chi connectivity index (χ3v) is 3.41. The summed E-state index contributed by atoms with van der Waals surface area (Å²) in [5.41, 5.74) is 8.80. The Morgan fingerprint density at radius 1 is 1.32 bits per heavy atom. The van der Waals surface area contributed by atoms with Crippen molar-refractivity contribution in [3.63, 3.8) is 0 Å². The van der Waals surface area contributed by atoms with E-state index in [1.165, 1.54) is 5.56 Å². The Balaban J connectivity index is 1.92. The Morgan fingerprint density at radius 3 is 3.00 bits per heavy atom. The molecule has 0 amide bonds. The number of benzene rings is 1. The lowest BCUT2D eigenvalue weighted by molar-refractivity contribution is 0.331. The number of anilines is 2. The molecule has 2 N–H and O–H groups in total. The number of rotatable bonds is 1. The Morgan fingerprint density at radius 2 is 2.16 bits per heavy atom. The van der Waals surface area contributed by atoms with Gasteiger partial charge in [0.05, 0.1) is 18.4 Å². The molecular weight excluding hydrogens is 238 g/mol. The molecule has 0 saturated heterocycles. The largest absolute Gasteiger partial charge is 0.491 e. The van der Waals surface area contributed by atoms with Crippen LogP contribution in [0, 0.1) is 6.92 Å². The summed E-state index contributed by atoms with van der Waals surface area (Å²) in [7, 11) is 0. The van der Waals surface area contributed by atoms with Crippen LogP contribution < -0.4 is 15.4 Å². The number of fused-ring (bicyclic) bond motifs is 1. The lowest BCUT2D eigenvalue weighted by atomic mass is 10.2. The first-order valence-electron chi connectivity index (χ1n) is 6.42. The topological polar surface area (TPSA) is 51.4 Å². The summed E-state index contributed by atoms with van der Waals surface area (Å²) >= 11 is 0. The van der Waals surface area contributed by atoms with Crippen molar-refractivity contribution < 1.29 is 4.74 Å². The van der Waals surface area contributed by atoms with E-state index < -0.39 is 0 Å². The van der Waals surface area contributed by atoms with E-state index in [2.05, 4.69) is 16.0 Å². The number of aromatic nitrogens is 1. The van der Waals surface area contributed by atoms with Crippen LogP contribution >= 0.6 is 0 Å². The van der Waals surface area contributed by atoms with Crippen LogP contribution in [0.3, 0.4) is 0 Å². The first-order valence-corrected chi connectivity index (χ1v) is 6.42. The maximum atomic E-state index is 5.82. The Labute approximate surface area is 112 Å². The maximum absolute atomic E-state index is 5.82. The van der Waals surface area contributed by atoms with Crippen LogP contribution in [-0.2, 0) is 6.54 Å². The predicted molar refractivity (Wildman–Crippen MR) is 76.4 cm³/mol. The number of nitrogens with two attached hydrogens (primary N) is 1. The highest BCUT2D eigenvalue weighted by Crippen LogP contribution is 2.26. The lowest BCUT2D eigenvalue weighted by Crippen LogP contribution is -2.26. The number of pyridine rings is 1. The van der Waals surface area contributed by atoms with Gasteiger partial charge in [0.1, 0.15) is 18.2 Å². The molecular formula is C15H17N3O. The second-order valence-corrected chi connectivity index (χ2v) is 4.78. The van der Waals surface area contributed by atoms with Crippen molar-refractivity contribution in [3.8, 4) is 5.75 Å². The molecule has 98 valence electrons. The SMILES string of the molecule is Cc1cc(N2CCOc3ccccc3C2)ncc1N. The molecule has 1 aromatic carbocycles. The third-order valence-electron chi connectivity index (χ3n) is 3.41. The zero-order chi connectivity index (χ0) is 13.2. The van der Waals surface area contributed by atoms with Gasteiger partial charge in [0, 0.05) is 12.1 Å². The van der Waals surface area contributed by atoms with Gasteiger partial charge in [0.25, 0.3) is 0 Å². The van der Waals surface area contributed by atoms with Crippen LogP contribution in [0.5, 0.6) is 5.75 Å². The normalized spacial score (nSPS) is 14.5. The van der Waals surface area contributed by atoms with Gasteiger partial charge in [-0.1, -0.05) is 18.2 Å². The van der Waals surface area contributed by atoms with Crippen LogP contribution in [-0.4, -0.2) is 18.1 Å². The molecule has 1 aliphatic heterocycles. The molecule has 3 rings (SSSR count). The highest BCUT2D eigenvalue weighted by Gasteiger charge is 2.16. The third kappa shape index (κ3) is 2.34. The Hall–Kier alpha value is -2.23. The van der Waals surface area contributed by atoms with Gasteiger partial charge in [-0.05, 0) is 24.6 Å². The summed E-state index contributed by atoms with van der Waals surface area (Å²) in [6, 6.07) is 10.2. The number of nitrogens with zero attached hydrogens (tertiary/aromatic N) is 2. The fraction of sp³-hybridized carbons (Fsp3) is 0.267. The number of para-hydroxylation sites is 1. The minimum atomic E-state index is 0.669. The van der Waals surface area contributed by atoms with Crippen molar-refractivity contribution >= 4 is 11.5 Å². The monoisotopic (exact) mass is 255 g/mol. The molecule has 1 aliphatic rings. The number of aryl methyl sites for hydroxylation is 1. The molecule has 0 fully saturated rings. The van der Waals surface area contributed by atoms with Crippen LogP contribution in [0.15, 0.2) is 36.5 Å². The predicted octanol–water partition coefficient (Wildman–Crippen LogP) is 2.37. The zero-order valence-electron chi connectivity index (χ0n) is 11.0. The van der Waals surface area contributed by atoms with Crippen molar-refractivity contribution in [1.29, 1.82) is 0 Å². The summed E-state index contributed by atoms with van der Waals surface area (Å²) in [5, 5.41) is 0. The molecule has 19 heavy (non-hydrogen) atoms. The molecule has 0 atom stereocenters. The lowest BCUT2D eigenvalue weighted by Gasteiger charge is -2.21. The summed E-state index contributed by atoms with van der Waals surface area (Å²) < 4.78 is 5.76. The van der Waals surface area contributed by atoms with E-state index in [0.717, 1.165) is 35.9 Å². The van der Waals surface area contributed by atoms with Crippen LogP contribution in [0.25, 0.3) is 0 Å². The molecule has 0 bridgehead atoms. The molecule has 0 spiro atoms. The van der Waals surface area contributed by atoms with E-state index in [9.17, 15) is 0 Å². The van der Waals surface area contributed by atoms with Crippen LogP contribution in [0.2, 0.25) is 0 Å². The van der Waals surface area contributed by atoms with Crippen molar-refractivity contribution in [1.82, 2.24) is 4.98 Å². The second-order valence-electron chi connectivity index (χ2n) is 4.78. The molecule has 0 saturated carbocycles. The fourth-order valence-corrected chi connectivity index (χ4v) is 2.25. The minimum absolute atomic E-state index is 0.669. The number of ether oxygens (including phenoxy) is 1. The van der Waals surface area contributed by atoms with Crippen molar-refractivity contribution in [3.05, 3.63) is 47.7 Å². The summed E-state index contributed by atoms with van der Waals surface area (Å²) in [6.45, 7) is 4.31. The molecule has 2 heterocycles. The number of nitrogen functional groups attached to an aromatic ring is 1. The average molecular weight is 255 g/mol. The molecule has 4 nitrogen and oxygen atoms in total. The van der Waals surface area contributed by atoms with E-state index >= 15 is 0 Å². The summed E-state index contributed by atoms with van der Waals surface area (Å²) in [4.78, 5) is 6.64. The summed E-state index contributed by atoms with van der Waals surface area (Å²) in [5.74, 6) is 1.92. The highest BCUT2D eigenvalue weighted by molar-refractivity contribution is 5.53. The van der Waals surface area contributed by atoms with Crippen molar-refractivity contribution in [2.75, 3.05) is 23.8 Å². The first-order chi connectivity index (χ1) is 9.24. The molecule has 0 radical (unpaired) electrons. The van der Waals surface area contributed by atoms with Gasteiger partial charge in [-0.2, -0.15) is 0 Å². The molecule has 0 aliphatic carbocycles. The van der Waals surface area contributed by atoms with Gasteiger partial charge < -0.3 is 15.4 Å². The average Bonchev–Trinajstić information content (AvgIpc) is 2.64. The van der Waals surface area contributed by atoms with Gasteiger partial charge in [0.15, 0.2) is 0 Å². The van der Waals surface area contributed by atoms with Gasteiger partial charge in [0.2, 0.25) is 0 Å². The molecule has 1 aromatic heterocycles. The zero-order valence-corrected chi connectivity index (χ0v) is 11.0. The maximum Gasteiger partial charge on any atom is 0.129 e. The van der Waals surface area contributed by atoms with Gasteiger partial charge in [-0.3, -0.25) is 0 Å². The molecule has 2 aromatic rings. The first kappa shape index (κ1) is 11.8. The van der Waals surface area contributed by atoms with E-state index in [1.54, 1.807) is 6.20 Å². The van der Waals surface area contributed by atoms with E-state index in [-0.39, 0.29) is 0 Å². The van der Waals surface area contributed by atoms with Crippen molar-refractivity contribution in [2.45, 2.75) is 13.5 Å². The van der Waals surface area contributed by atoms with Crippen molar-refractivity contribution in [2.24, 2.45) is 0 Å². The number of hydrogen-bond donors (Lipinski definition) is 1. The quantitative estimate of drug-likeness (QED) is 0.850. The second kappa shape index (κ2) is 4.80. The van der Waals surface area contributed by atoms with Gasteiger partial charge in [-0.15, -0.1) is 0 Å². The van der Waals surface area contributed by atoms with Gasteiger partial charge >= 0.3 is 0 Å². The number of hydrogen-bond acceptors (Lipinski definition) is 4. The smallest absolute Gasteiger partial charge is 0.129 e. The van der Waals surface area contributed by atoms with E-state index in [0.29, 0.717) is 6.61 Å². The van der Waals surface area contributed by atoms with Crippen LogP contribution in [0.4, 0.5) is 11.5 Å².